The topological polar surface area (TPSA) is 80.5 Å². The molecule has 2 amide bonds. The van der Waals surface area contributed by atoms with E-state index in [0.717, 1.165) is 24.9 Å². The van der Waals surface area contributed by atoms with Crippen LogP contribution in [0, 0.1) is 5.92 Å². The minimum atomic E-state index is -0.112. The van der Waals surface area contributed by atoms with Gasteiger partial charge in [-0.2, -0.15) is 16.3 Å². The molecule has 2 aromatic heterocycles. The number of methoxy groups -OCH3 is 1. The van der Waals surface area contributed by atoms with Crippen molar-refractivity contribution in [1.82, 2.24) is 15.0 Å². The molecule has 0 aliphatic carbocycles. The Hall–Kier alpha value is -2.87. The van der Waals surface area contributed by atoms with E-state index in [-0.39, 0.29) is 6.03 Å². The Kier molecular flexibility index (Phi) is 5.57. The first-order valence-electron chi connectivity index (χ1n) is 9.27. The first kappa shape index (κ1) is 18.5. The smallest absolute Gasteiger partial charge is 0.321 e. The van der Waals surface area contributed by atoms with Gasteiger partial charge in [0.05, 0.1) is 12.8 Å². The van der Waals surface area contributed by atoms with Crippen LogP contribution in [0.4, 0.5) is 10.5 Å². The van der Waals surface area contributed by atoms with Crippen LogP contribution in [-0.4, -0.2) is 41.3 Å². The third-order valence-corrected chi connectivity index (χ3v) is 5.55. The number of piperidine rings is 1. The lowest BCUT2D eigenvalue weighted by molar-refractivity contribution is 0.173. The quantitative estimate of drug-likeness (QED) is 0.693. The largest absolute Gasteiger partial charge is 0.495 e. The number of aromatic nitrogens is 2. The maximum absolute atomic E-state index is 12.7. The maximum atomic E-state index is 12.7. The number of carbonyl (C=O) groups is 1. The molecule has 3 heterocycles. The number of para-hydroxylation sites is 2. The van der Waals surface area contributed by atoms with E-state index in [0.29, 0.717) is 42.0 Å². The Morgan fingerprint density at radius 3 is 3.11 bits per heavy atom. The van der Waals surface area contributed by atoms with Crippen LogP contribution >= 0.6 is 11.3 Å². The summed E-state index contributed by atoms with van der Waals surface area (Å²) in [5, 5.41) is 11.0. The molecule has 7 nitrogen and oxygen atoms in total. The highest BCUT2D eigenvalue weighted by Crippen LogP contribution is 2.26. The highest BCUT2D eigenvalue weighted by Gasteiger charge is 2.26. The van der Waals surface area contributed by atoms with Gasteiger partial charge in [0.1, 0.15) is 5.75 Å². The standard InChI is InChI=1S/C20H22N4O3S/c1-26-17-7-3-2-6-16(17)21-20(25)24-9-4-5-14(12-24)11-18-22-19(23-27-18)15-8-10-28-13-15/h2-3,6-8,10,13-14H,4-5,9,11-12H2,1H3,(H,21,25)/t14-/m0/s1. The van der Waals surface area contributed by atoms with Gasteiger partial charge in [-0.25, -0.2) is 4.79 Å². The number of hydrogen-bond donors (Lipinski definition) is 1. The van der Waals surface area contributed by atoms with Crippen molar-refractivity contribution < 1.29 is 14.1 Å². The van der Waals surface area contributed by atoms with Gasteiger partial charge in [0, 0.05) is 30.5 Å². The molecule has 3 aromatic rings. The maximum Gasteiger partial charge on any atom is 0.321 e. The van der Waals surface area contributed by atoms with Gasteiger partial charge in [-0.1, -0.05) is 17.3 Å². The molecule has 1 atom stereocenters. The van der Waals surface area contributed by atoms with Gasteiger partial charge in [0.25, 0.3) is 0 Å². The monoisotopic (exact) mass is 398 g/mol. The van der Waals surface area contributed by atoms with Crippen LogP contribution in [0.3, 0.4) is 0 Å². The summed E-state index contributed by atoms with van der Waals surface area (Å²) in [7, 11) is 1.59. The van der Waals surface area contributed by atoms with E-state index < -0.39 is 0 Å². The molecule has 0 radical (unpaired) electrons. The zero-order valence-corrected chi connectivity index (χ0v) is 16.4. The number of benzene rings is 1. The van der Waals surface area contributed by atoms with Crippen LogP contribution in [0.15, 0.2) is 45.6 Å². The van der Waals surface area contributed by atoms with Crippen LogP contribution in [0.2, 0.25) is 0 Å². The van der Waals surface area contributed by atoms with Gasteiger partial charge in [-0.05, 0) is 42.3 Å². The molecule has 0 unspecified atom stereocenters. The molecule has 28 heavy (non-hydrogen) atoms. The van der Waals surface area contributed by atoms with Gasteiger partial charge >= 0.3 is 6.03 Å². The minimum absolute atomic E-state index is 0.112. The Bertz CT molecular complexity index is 925. The van der Waals surface area contributed by atoms with Gasteiger partial charge in [-0.15, -0.1) is 0 Å². The fraction of sp³-hybridized carbons (Fsp3) is 0.350. The Morgan fingerprint density at radius 2 is 2.29 bits per heavy atom. The normalized spacial score (nSPS) is 16.8. The molecule has 4 rings (SSSR count). The fourth-order valence-electron chi connectivity index (χ4n) is 3.45. The number of carbonyl (C=O) groups excluding carboxylic acids is 1. The Labute approximate surface area is 167 Å². The molecule has 8 heteroatoms. The van der Waals surface area contributed by atoms with Gasteiger partial charge in [0.15, 0.2) is 0 Å². The third kappa shape index (κ3) is 4.17. The van der Waals surface area contributed by atoms with E-state index in [1.165, 1.54) is 0 Å². The van der Waals surface area contributed by atoms with E-state index in [1.807, 2.05) is 46.0 Å². The number of rotatable bonds is 5. The molecule has 1 aliphatic rings. The van der Waals surface area contributed by atoms with E-state index >= 15 is 0 Å². The molecule has 0 spiro atoms. The molecule has 1 aliphatic heterocycles. The van der Waals surface area contributed by atoms with Crippen LogP contribution in [-0.2, 0) is 6.42 Å². The molecule has 1 saturated heterocycles. The number of thiophene rings is 1. The summed E-state index contributed by atoms with van der Waals surface area (Å²) in [5.74, 6) is 2.19. The number of nitrogens with zero attached hydrogens (tertiary/aromatic N) is 3. The van der Waals surface area contributed by atoms with Crippen molar-refractivity contribution in [2.45, 2.75) is 19.3 Å². The molecule has 0 saturated carbocycles. The van der Waals surface area contributed by atoms with Crippen LogP contribution in [0.25, 0.3) is 11.4 Å². The summed E-state index contributed by atoms with van der Waals surface area (Å²) in [6, 6.07) is 9.28. The van der Waals surface area contributed by atoms with Gasteiger partial charge < -0.3 is 19.5 Å². The average molecular weight is 398 g/mol. The number of likely N-dealkylation sites (tertiary alicyclic amines) is 1. The number of nitrogens with one attached hydrogen (secondary N) is 1. The first-order valence-corrected chi connectivity index (χ1v) is 10.2. The second-order valence-corrected chi connectivity index (χ2v) is 7.59. The van der Waals surface area contributed by atoms with E-state index in [2.05, 4.69) is 15.5 Å². The van der Waals surface area contributed by atoms with Crippen LogP contribution < -0.4 is 10.1 Å². The molecule has 1 N–H and O–H groups in total. The third-order valence-electron chi connectivity index (χ3n) is 4.87. The lowest BCUT2D eigenvalue weighted by Crippen LogP contribution is -2.42. The summed E-state index contributed by atoms with van der Waals surface area (Å²) < 4.78 is 10.7. The summed E-state index contributed by atoms with van der Waals surface area (Å²) in [5.41, 5.74) is 1.65. The fourth-order valence-corrected chi connectivity index (χ4v) is 4.09. The van der Waals surface area contributed by atoms with Crippen molar-refractivity contribution in [3.8, 4) is 17.1 Å². The lowest BCUT2D eigenvalue weighted by Gasteiger charge is -2.32. The molecular formula is C20H22N4O3S. The second kappa shape index (κ2) is 8.43. The van der Waals surface area contributed by atoms with Crippen molar-refractivity contribution in [2.24, 2.45) is 5.92 Å². The van der Waals surface area contributed by atoms with E-state index in [4.69, 9.17) is 9.26 Å². The van der Waals surface area contributed by atoms with Crippen molar-refractivity contribution in [3.63, 3.8) is 0 Å². The van der Waals surface area contributed by atoms with Crippen molar-refractivity contribution >= 4 is 23.1 Å². The van der Waals surface area contributed by atoms with Gasteiger partial charge in [-0.3, -0.25) is 0 Å². The minimum Gasteiger partial charge on any atom is -0.495 e. The molecule has 0 bridgehead atoms. The van der Waals surface area contributed by atoms with Gasteiger partial charge in [0.2, 0.25) is 11.7 Å². The van der Waals surface area contributed by atoms with Crippen molar-refractivity contribution in [3.05, 3.63) is 47.0 Å². The predicted molar refractivity (Wildman–Crippen MR) is 108 cm³/mol. The Balaban J connectivity index is 1.37. The lowest BCUT2D eigenvalue weighted by atomic mass is 9.95. The summed E-state index contributed by atoms with van der Waals surface area (Å²) in [4.78, 5) is 19.0. The molecule has 1 aromatic carbocycles. The van der Waals surface area contributed by atoms with Crippen LogP contribution in [0.5, 0.6) is 5.75 Å². The highest BCUT2D eigenvalue weighted by molar-refractivity contribution is 7.08. The van der Waals surface area contributed by atoms with E-state index in [1.54, 1.807) is 18.4 Å². The summed E-state index contributed by atoms with van der Waals surface area (Å²) in [6.07, 6.45) is 2.67. The number of urea groups is 1. The first-order chi connectivity index (χ1) is 13.7. The summed E-state index contributed by atoms with van der Waals surface area (Å²) >= 11 is 1.60. The van der Waals surface area contributed by atoms with E-state index in [9.17, 15) is 4.79 Å². The average Bonchev–Trinajstić information content (AvgIpc) is 3.40. The zero-order valence-electron chi connectivity index (χ0n) is 15.6. The number of hydrogen-bond acceptors (Lipinski definition) is 6. The number of ether oxygens (including phenoxy) is 1. The molecule has 146 valence electrons. The van der Waals surface area contributed by atoms with Crippen molar-refractivity contribution in [2.75, 3.05) is 25.5 Å². The molecule has 1 fully saturated rings. The van der Waals surface area contributed by atoms with Crippen LogP contribution in [0.1, 0.15) is 18.7 Å². The summed E-state index contributed by atoms with van der Waals surface area (Å²) in [6.45, 7) is 1.40. The van der Waals surface area contributed by atoms with Crippen molar-refractivity contribution in [1.29, 1.82) is 0 Å². The SMILES string of the molecule is COc1ccccc1NC(=O)N1CCC[C@@H](Cc2nc(-c3ccsc3)no2)C1. The second-order valence-electron chi connectivity index (χ2n) is 6.81. The number of anilines is 1. The zero-order chi connectivity index (χ0) is 19.3. The predicted octanol–water partition coefficient (Wildman–Crippen LogP) is 4.29. The highest BCUT2D eigenvalue weighted by atomic mass is 32.1. The Morgan fingerprint density at radius 1 is 1.39 bits per heavy atom. The molecular weight excluding hydrogens is 376 g/mol. The number of amides is 2.